The molecule has 5 nitrogen and oxygen atoms in total. The third-order valence-corrected chi connectivity index (χ3v) is 4.32. The van der Waals surface area contributed by atoms with E-state index < -0.39 is 0 Å². The summed E-state index contributed by atoms with van der Waals surface area (Å²) in [5, 5.41) is 3.50. The van der Waals surface area contributed by atoms with Gasteiger partial charge >= 0.3 is 0 Å². The SMILES string of the molecule is Nc1nc2ccc(C(=O)NCC3CCCOC3)cc2s1. The normalized spacial score (nSPS) is 19.1. The van der Waals surface area contributed by atoms with Gasteiger partial charge in [0.25, 0.3) is 5.91 Å². The van der Waals surface area contributed by atoms with Crippen LogP contribution < -0.4 is 11.1 Å². The van der Waals surface area contributed by atoms with Crippen LogP contribution >= 0.6 is 11.3 Å². The van der Waals surface area contributed by atoms with Gasteiger partial charge < -0.3 is 15.8 Å². The van der Waals surface area contributed by atoms with E-state index in [1.165, 1.54) is 11.3 Å². The lowest BCUT2D eigenvalue weighted by molar-refractivity contribution is 0.0536. The van der Waals surface area contributed by atoms with Crippen LogP contribution in [0, 0.1) is 5.92 Å². The Kier molecular flexibility index (Phi) is 3.84. The molecule has 0 spiro atoms. The molecule has 0 radical (unpaired) electrons. The molecule has 1 aromatic carbocycles. The third kappa shape index (κ3) is 2.91. The van der Waals surface area contributed by atoms with Gasteiger partial charge in [-0.3, -0.25) is 4.79 Å². The number of nitrogens with zero attached hydrogens (tertiary/aromatic N) is 1. The first kappa shape index (κ1) is 13.3. The van der Waals surface area contributed by atoms with Crippen LogP contribution in [-0.2, 0) is 4.74 Å². The van der Waals surface area contributed by atoms with Crippen LogP contribution in [-0.4, -0.2) is 30.6 Å². The molecule has 1 atom stereocenters. The number of nitrogens with two attached hydrogens (primary N) is 1. The fourth-order valence-corrected chi connectivity index (χ4v) is 3.16. The van der Waals surface area contributed by atoms with Crippen molar-refractivity contribution in [1.29, 1.82) is 0 Å². The van der Waals surface area contributed by atoms with E-state index in [0.717, 1.165) is 36.3 Å². The van der Waals surface area contributed by atoms with Crippen molar-refractivity contribution in [3.8, 4) is 0 Å². The Morgan fingerprint density at radius 1 is 1.55 bits per heavy atom. The van der Waals surface area contributed by atoms with E-state index in [4.69, 9.17) is 10.5 Å². The average Bonchev–Trinajstić information content (AvgIpc) is 2.85. The third-order valence-electron chi connectivity index (χ3n) is 3.47. The van der Waals surface area contributed by atoms with Gasteiger partial charge in [0.1, 0.15) is 0 Å². The Morgan fingerprint density at radius 2 is 2.45 bits per heavy atom. The van der Waals surface area contributed by atoms with Crippen molar-refractivity contribution in [2.75, 3.05) is 25.5 Å². The van der Waals surface area contributed by atoms with Crippen molar-refractivity contribution >= 4 is 32.6 Å². The predicted molar refractivity (Wildman–Crippen MR) is 79.9 cm³/mol. The Bertz CT molecular complexity index is 620. The Balaban J connectivity index is 1.65. The van der Waals surface area contributed by atoms with Crippen LogP contribution in [0.5, 0.6) is 0 Å². The topological polar surface area (TPSA) is 77.2 Å². The second-order valence-corrected chi connectivity index (χ2v) is 6.09. The van der Waals surface area contributed by atoms with Crippen molar-refractivity contribution in [3.05, 3.63) is 23.8 Å². The largest absolute Gasteiger partial charge is 0.381 e. The number of hydrogen-bond donors (Lipinski definition) is 2. The highest BCUT2D eigenvalue weighted by Gasteiger charge is 2.15. The minimum atomic E-state index is -0.0514. The van der Waals surface area contributed by atoms with Gasteiger partial charge in [-0.25, -0.2) is 4.98 Å². The number of carbonyl (C=O) groups excluding carboxylic acids is 1. The lowest BCUT2D eigenvalue weighted by Crippen LogP contribution is -2.33. The molecular weight excluding hydrogens is 274 g/mol. The molecule has 3 rings (SSSR count). The minimum Gasteiger partial charge on any atom is -0.381 e. The average molecular weight is 291 g/mol. The highest BCUT2D eigenvalue weighted by atomic mass is 32.1. The zero-order valence-corrected chi connectivity index (χ0v) is 11.9. The van der Waals surface area contributed by atoms with E-state index in [1.54, 1.807) is 6.07 Å². The number of thiazole rings is 1. The number of amides is 1. The van der Waals surface area contributed by atoms with Crippen molar-refractivity contribution in [2.24, 2.45) is 5.92 Å². The summed E-state index contributed by atoms with van der Waals surface area (Å²) >= 11 is 1.40. The first-order chi connectivity index (χ1) is 9.72. The number of fused-ring (bicyclic) bond motifs is 1. The van der Waals surface area contributed by atoms with Crippen molar-refractivity contribution in [3.63, 3.8) is 0 Å². The lowest BCUT2D eigenvalue weighted by Gasteiger charge is -2.22. The molecule has 1 amide bonds. The highest BCUT2D eigenvalue weighted by molar-refractivity contribution is 7.22. The molecule has 3 N–H and O–H groups in total. The Labute approximate surface area is 121 Å². The van der Waals surface area contributed by atoms with Gasteiger partial charge in [0.15, 0.2) is 5.13 Å². The maximum atomic E-state index is 12.1. The molecule has 1 fully saturated rings. The van der Waals surface area contributed by atoms with Crippen LogP contribution in [0.2, 0.25) is 0 Å². The molecule has 2 aromatic rings. The van der Waals surface area contributed by atoms with Crippen LogP contribution in [0.25, 0.3) is 10.2 Å². The first-order valence-electron chi connectivity index (χ1n) is 6.74. The summed E-state index contributed by atoms with van der Waals surface area (Å²) in [6.07, 6.45) is 2.19. The molecule has 1 aliphatic heterocycles. The second kappa shape index (κ2) is 5.76. The molecular formula is C14H17N3O2S. The maximum Gasteiger partial charge on any atom is 0.251 e. The number of rotatable bonds is 3. The van der Waals surface area contributed by atoms with Gasteiger partial charge in [0, 0.05) is 18.7 Å². The summed E-state index contributed by atoms with van der Waals surface area (Å²) in [5.41, 5.74) is 7.15. The summed E-state index contributed by atoms with van der Waals surface area (Å²) in [7, 11) is 0. The summed E-state index contributed by atoms with van der Waals surface area (Å²) in [4.78, 5) is 16.3. The number of aromatic nitrogens is 1. The lowest BCUT2D eigenvalue weighted by atomic mass is 10.0. The molecule has 20 heavy (non-hydrogen) atoms. The number of anilines is 1. The number of ether oxygens (including phenoxy) is 1. The summed E-state index contributed by atoms with van der Waals surface area (Å²) in [6.45, 7) is 2.25. The van der Waals surface area contributed by atoms with Gasteiger partial charge in [-0.05, 0) is 37.0 Å². The number of hydrogen-bond acceptors (Lipinski definition) is 5. The molecule has 1 aliphatic rings. The quantitative estimate of drug-likeness (QED) is 0.907. The van der Waals surface area contributed by atoms with Crippen LogP contribution in [0.4, 0.5) is 5.13 Å². The van der Waals surface area contributed by atoms with Crippen molar-refractivity contribution < 1.29 is 9.53 Å². The van der Waals surface area contributed by atoms with Crippen LogP contribution in [0.15, 0.2) is 18.2 Å². The van der Waals surface area contributed by atoms with E-state index in [9.17, 15) is 4.79 Å². The standard InChI is InChI=1S/C14H17N3O2S/c15-14-17-11-4-3-10(6-12(11)20-14)13(18)16-7-9-2-1-5-19-8-9/h3-4,6,9H,1-2,5,7-8H2,(H2,15,17)(H,16,18). The molecule has 2 heterocycles. The zero-order valence-electron chi connectivity index (χ0n) is 11.1. The first-order valence-corrected chi connectivity index (χ1v) is 7.56. The van der Waals surface area contributed by atoms with Gasteiger partial charge in [-0.1, -0.05) is 11.3 Å². The second-order valence-electron chi connectivity index (χ2n) is 5.03. The van der Waals surface area contributed by atoms with E-state index in [2.05, 4.69) is 10.3 Å². The maximum absolute atomic E-state index is 12.1. The van der Waals surface area contributed by atoms with Crippen LogP contribution in [0.3, 0.4) is 0 Å². The van der Waals surface area contributed by atoms with Crippen LogP contribution in [0.1, 0.15) is 23.2 Å². The van der Waals surface area contributed by atoms with E-state index in [-0.39, 0.29) is 5.91 Å². The van der Waals surface area contributed by atoms with Gasteiger partial charge in [0.05, 0.1) is 16.8 Å². The highest BCUT2D eigenvalue weighted by Crippen LogP contribution is 2.24. The smallest absolute Gasteiger partial charge is 0.251 e. The molecule has 106 valence electrons. The molecule has 1 aromatic heterocycles. The van der Waals surface area contributed by atoms with Crippen molar-refractivity contribution in [2.45, 2.75) is 12.8 Å². The molecule has 6 heteroatoms. The minimum absolute atomic E-state index is 0.0514. The number of benzene rings is 1. The molecule has 0 saturated carbocycles. The van der Waals surface area contributed by atoms with E-state index in [0.29, 0.717) is 23.2 Å². The number of carbonyl (C=O) groups is 1. The fraction of sp³-hybridized carbons (Fsp3) is 0.429. The molecule has 0 aliphatic carbocycles. The monoisotopic (exact) mass is 291 g/mol. The number of nitrogens with one attached hydrogen (secondary N) is 1. The number of nitrogen functional groups attached to an aromatic ring is 1. The van der Waals surface area contributed by atoms with Gasteiger partial charge in [-0.2, -0.15) is 0 Å². The fourth-order valence-electron chi connectivity index (χ4n) is 2.39. The molecule has 1 unspecified atom stereocenters. The summed E-state index contributed by atoms with van der Waals surface area (Å²) < 4.78 is 6.35. The molecule has 1 saturated heterocycles. The summed E-state index contributed by atoms with van der Waals surface area (Å²) in [6, 6.07) is 5.46. The summed E-state index contributed by atoms with van der Waals surface area (Å²) in [5.74, 6) is 0.375. The predicted octanol–water partition coefficient (Wildman–Crippen LogP) is 2.03. The van der Waals surface area contributed by atoms with Crippen molar-refractivity contribution in [1.82, 2.24) is 10.3 Å². The van der Waals surface area contributed by atoms with Gasteiger partial charge in [0.2, 0.25) is 0 Å². The molecule has 0 bridgehead atoms. The van der Waals surface area contributed by atoms with Gasteiger partial charge in [-0.15, -0.1) is 0 Å². The van der Waals surface area contributed by atoms with E-state index >= 15 is 0 Å². The zero-order chi connectivity index (χ0) is 13.9. The van der Waals surface area contributed by atoms with E-state index in [1.807, 2.05) is 12.1 Å². The Morgan fingerprint density at radius 3 is 3.25 bits per heavy atom. The Hall–Kier alpha value is -1.66.